The van der Waals surface area contributed by atoms with Crippen molar-refractivity contribution in [2.75, 3.05) is 24.5 Å². The maximum atomic E-state index is 14.4. The van der Waals surface area contributed by atoms with Crippen LogP contribution in [0.15, 0.2) is 36.4 Å². The normalized spacial score (nSPS) is 17.1. The first-order valence-corrected chi connectivity index (χ1v) is 8.60. The van der Waals surface area contributed by atoms with Crippen LogP contribution in [-0.4, -0.2) is 42.3 Å². The van der Waals surface area contributed by atoms with Crippen LogP contribution in [-0.2, 0) is 0 Å². The number of rotatable bonds is 3. The molecule has 1 amide bonds. The van der Waals surface area contributed by atoms with Crippen molar-refractivity contribution < 1.29 is 22.8 Å². The third kappa shape index (κ3) is 3.67. The van der Waals surface area contributed by atoms with E-state index in [0.29, 0.717) is 18.8 Å². The summed E-state index contributed by atoms with van der Waals surface area (Å²) in [6.45, 7) is 3.91. The van der Waals surface area contributed by atoms with Crippen molar-refractivity contribution in [3.8, 4) is 0 Å². The number of hydrogen-bond donors (Lipinski definition) is 0. The quantitative estimate of drug-likeness (QED) is 0.768. The molecule has 3 rings (SSSR count). The highest BCUT2D eigenvalue weighted by molar-refractivity contribution is 5.95. The number of benzene rings is 2. The van der Waals surface area contributed by atoms with Crippen molar-refractivity contribution in [3.63, 3.8) is 0 Å². The van der Waals surface area contributed by atoms with E-state index in [1.54, 1.807) is 17.9 Å². The molecule has 2 aromatic rings. The van der Waals surface area contributed by atoms with Gasteiger partial charge in [0.2, 0.25) is 0 Å². The zero-order valence-corrected chi connectivity index (χ0v) is 15.0. The number of amides is 1. The fourth-order valence-electron chi connectivity index (χ4n) is 3.31. The summed E-state index contributed by atoms with van der Waals surface area (Å²) in [6.07, 6.45) is 0. The Morgan fingerprint density at radius 3 is 2.22 bits per heavy atom. The molecule has 0 radical (unpaired) electrons. The Labute approximate surface area is 155 Å². The van der Waals surface area contributed by atoms with Gasteiger partial charge in [0.1, 0.15) is 23.0 Å². The lowest BCUT2D eigenvalue weighted by atomic mass is 10.1. The van der Waals surface area contributed by atoms with Crippen molar-refractivity contribution in [1.29, 1.82) is 0 Å². The third-order valence-corrected chi connectivity index (χ3v) is 4.76. The minimum atomic E-state index is -0.902. The second-order valence-corrected chi connectivity index (χ2v) is 6.61. The number of piperazine rings is 1. The van der Waals surface area contributed by atoms with Gasteiger partial charge in [0, 0.05) is 31.2 Å². The summed E-state index contributed by atoms with van der Waals surface area (Å²) < 4.78 is 42.2. The molecular weight excluding hydrogens is 357 g/mol. The van der Waals surface area contributed by atoms with Gasteiger partial charge in [-0.1, -0.05) is 6.07 Å². The highest BCUT2D eigenvalue weighted by atomic mass is 19.1. The second kappa shape index (κ2) is 7.42. The summed E-state index contributed by atoms with van der Waals surface area (Å²) in [4.78, 5) is 27.1. The summed E-state index contributed by atoms with van der Waals surface area (Å²) in [5.74, 6) is -3.27. The first-order valence-electron chi connectivity index (χ1n) is 8.60. The monoisotopic (exact) mass is 376 g/mol. The predicted molar refractivity (Wildman–Crippen MR) is 95.5 cm³/mol. The molecule has 27 heavy (non-hydrogen) atoms. The standard InChI is InChI=1S/C20H19F3N2O2/c1-12-11-24(18-7-6-14(13(2)26)10-17(18)23)8-9-25(12)20(27)19-15(21)4-3-5-16(19)22/h3-7,10,12H,8-9,11H2,1-2H3. The van der Waals surface area contributed by atoms with Crippen LogP contribution in [0.3, 0.4) is 0 Å². The highest BCUT2D eigenvalue weighted by Gasteiger charge is 2.31. The molecule has 1 heterocycles. The lowest BCUT2D eigenvalue weighted by molar-refractivity contribution is 0.0663. The van der Waals surface area contributed by atoms with Crippen molar-refractivity contribution in [2.45, 2.75) is 19.9 Å². The maximum absolute atomic E-state index is 14.4. The summed E-state index contributed by atoms with van der Waals surface area (Å²) in [5.41, 5.74) is 0.0407. The van der Waals surface area contributed by atoms with Crippen LogP contribution in [0.4, 0.5) is 18.9 Å². The first-order chi connectivity index (χ1) is 12.8. The van der Waals surface area contributed by atoms with Crippen molar-refractivity contribution in [3.05, 3.63) is 65.0 Å². The zero-order valence-electron chi connectivity index (χ0n) is 15.0. The molecule has 0 aliphatic carbocycles. The number of hydrogen-bond acceptors (Lipinski definition) is 3. The molecular formula is C20H19F3N2O2. The zero-order chi connectivity index (χ0) is 19.7. The predicted octanol–water partition coefficient (Wildman–Crippen LogP) is 3.66. The molecule has 1 aliphatic heterocycles. The first kappa shape index (κ1) is 18.9. The van der Waals surface area contributed by atoms with Gasteiger partial charge < -0.3 is 9.80 Å². The van der Waals surface area contributed by atoms with Gasteiger partial charge in [0.05, 0.1) is 5.69 Å². The largest absolute Gasteiger partial charge is 0.365 e. The van der Waals surface area contributed by atoms with Crippen molar-refractivity contribution >= 4 is 17.4 Å². The number of nitrogens with zero attached hydrogens (tertiary/aromatic N) is 2. The van der Waals surface area contributed by atoms with Crippen molar-refractivity contribution in [2.24, 2.45) is 0 Å². The Kier molecular flexibility index (Phi) is 5.21. The van der Waals surface area contributed by atoms with Gasteiger partial charge >= 0.3 is 0 Å². The molecule has 1 saturated heterocycles. The highest BCUT2D eigenvalue weighted by Crippen LogP contribution is 2.25. The number of Topliss-reactive ketones (excluding diaryl/α,β-unsaturated/α-hetero) is 1. The van der Waals surface area contributed by atoms with Gasteiger partial charge in [0.25, 0.3) is 5.91 Å². The number of carbonyl (C=O) groups is 2. The molecule has 0 aromatic heterocycles. The number of ketones is 1. The van der Waals surface area contributed by atoms with Gasteiger partial charge in [-0.2, -0.15) is 0 Å². The van der Waals surface area contributed by atoms with E-state index in [1.165, 1.54) is 30.0 Å². The Balaban J connectivity index is 1.78. The molecule has 2 aromatic carbocycles. The van der Waals surface area contributed by atoms with Crippen LogP contribution in [0.5, 0.6) is 0 Å². The van der Waals surface area contributed by atoms with Crippen LogP contribution < -0.4 is 4.90 Å². The van der Waals surface area contributed by atoms with E-state index in [4.69, 9.17) is 0 Å². The molecule has 7 heteroatoms. The van der Waals surface area contributed by atoms with Gasteiger partial charge in [-0.25, -0.2) is 13.2 Å². The fourth-order valence-corrected chi connectivity index (χ4v) is 3.31. The minimum Gasteiger partial charge on any atom is -0.365 e. The lowest BCUT2D eigenvalue weighted by Crippen LogP contribution is -2.54. The molecule has 1 aliphatic rings. The summed E-state index contributed by atoms with van der Waals surface area (Å²) in [7, 11) is 0. The van der Waals surface area contributed by atoms with Crippen LogP contribution in [0, 0.1) is 17.5 Å². The SMILES string of the molecule is CC(=O)c1ccc(N2CCN(C(=O)c3c(F)cccc3F)C(C)C2)c(F)c1. The third-order valence-electron chi connectivity index (χ3n) is 4.76. The van der Waals surface area contributed by atoms with Crippen LogP contribution >= 0.6 is 0 Å². The molecule has 1 atom stereocenters. The number of halogens is 3. The molecule has 0 spiro atoms. The molecule has 1 fully saturated rings. The fraction of sp³-hybridized carbons (Fsp3) is 0.300. The van der Waals surface area contributed by atoms with Gasteiger partial charge in [-0.15, -0.1) is 0 Å². The van der Waals surface area contributed by atoms with E-state index < -0.39 is 28.9 Å². The smallest absolute Gasteiger partial charge is 0.260 e. The Morgan fingerprint density at radius 1 is 1.00 bits per heavy atom. The van der Waals surface area contributed by atoms with Gasteiger partial charge in [0.15, 0.2) is 5.78 Å². The Bertz CT molecular complexity index is 881. The Morgan fingerprint density at radius 2 is 1.67 bits per heavy atom. The van der Waals surface area contributed by atoms with Gasteiger partial charge in [-0.05, 0) is 44.2 Å². The lowest BCUT2D eigenvalue weighted by Gasteiger charge is -2.41. The average molecular weight is 376 g/mol. The summed E-state index contributed by atoms with van der Waals surface area (Å²) in [5, 5.41) is 0. The van der Waals surface area contributed by atoms with E-state index in [0.717, 1.165) is 12.1 Å². The van der Waals surface area contributed by atoms with Gasteiger partial charge in [-0.3, -0.25) is 9.59 Å². The summed E-state index contributed by atoms with van der Waals surface area (Å²) in [6, 6.07) is 7.19. The second-order valence-electron chi connectivity index (χ2n) is 6.61. The minimum absolute atomic E-state index is 0.196. The van der Waals surface area contributed by atoms with E-state index >= 15 is 0 Å². The van der Waals surface area contributed by atoms with Crippen LogP contribution in [0.1, 0.15) is 34.6 Å². The molecule has 142 valence electrons. The van der Waals surface area contributed by atoms with E-state index in [9.17, 15) is 22.8 Å². The maximum Gasteiger partial charge on any atom is 0.260 e. The van der Waals surface area contributed by atoms with Crippen LogP contribution in [0.2, 0.25) is 0 Å². The van der Waals surface area contributed by atoms with E-state index in [1.807, 2.05) is 0 Å². The number of anilines is 1. The molecule has 0 N–H and O–H groups in total. The number of carbonyl (C=O) groups excluding carboxylic acids is 2. The molecule has 0 bridgehead atoms. The Hall–Kier alpha value is -2.83. The van der Waals surface area contributed by atoms with Crippen molar-refractivity contribution in [1.82, 2.24) is 4.90 Å². The molecule has 0 saturated carbocycles. The van der Waals surface area contributed by atoms with Crippen LogP contribution in [0.25, 0.3) is 0 Å². The summed E-state index contributed by atoms with van der Waals surface area (Å²) >= 11 is 0. The topological polar surface area (TPSA) is 40.6 Å². The molecule has 1 unspecified atom stereocenters. The average Bonchev–Trinajstić information content (AvgIpc) is 2.61. The molecule has 4 nitrogen and oxygen atoms in total. The van der Waals surface area contributed by atoms with E-state index in [-0.39, 0.29) is 23.9 Å². The van der Waals surface area contributed by atoms with E-state index in [2.05, 4.69) is 0 Å².